The second-order valence-electron chi connectivity index (χ2n) is 6.23. The molecule has 1 fully saturated rings. The van der Waals surface area contributed by atoms with Crippen molar-refractivity contribution < 1.29 is 4.79 Å². The smallest absolute Gasteiger partial charge is 0.256 e. The molecule has 118 valence electrons. The standard InChI is InChI=1S/C18H20N4O/c23-18-15-6-4-8-20-16(15)12-22(18)13-17(21-9-1-2-10-21)14-5-3-7-19-11-14/h3-8,11,17H,1-2,9-10,12-13H2. The molecule has 4 rings (SSSR count). The highest BCUT2D eigenvalue weighted by molar-refractivity contribution is 5.97. The molecule has 1 unspecified atom stereocenters. The molecule has 5 heteroatoms. The van der Waals surface area contributed by atoms with E-state index in [9.17, 15) is 4.79 Å². The third-order valence-corrected chi connectivity index (χ3v) is 4.79. The number of likely N-dealkylation sites (tertiary alicyclic amines) is 1. The quantitative estimate of drug-likeness (QED) is 0.869. The number of pyridine rings is 2. The van der Waals surface area contributed by atoms with Gasteiger partial charge in [-0.05, 0) is 49.7 Å². The summed E-state index contributed by atoms with van der Waals surface area (Å²) in [6, 6.07) is 8.01. The minimum Gasteiger partial charge on any atom is -0.331 e. The Labute approximate surface area is 136 Å². The summed E-state index contributed by atoms with van der Waals surface area (Å²) in [5.74, 6) is 0.0983. The average molecular weight is 308 g/mol. The topological polar surface area (TPSA) is 49.3 Å². The molecule has 1 amide bonds. The lowest BCUT2D eigenvalue weighted by molar-refractivity contribution is 0.0716. The third kappa shape index (κ3) is 2.72. The van der Waals surface area contributed by atoms with Crippen LogP contribution in [0.4, 0.5) is 0 Å². The lowest BCUT2D eigenvalue weighted by atomic mass is 10.1. The van der Waals surface area contributed by atoms with Crippen LogP contribution in [0.2, 0.25) is 0 Å². The van der Waals surface area contributed by atoms with Gasteiger partial charge in [-0.2, -0.15) is 0 Å². The first-order chi connectivity index (χ1) is 11.3. The minimum absolute atomic E-state index is 0.0983. The number of fused-ring (bicyclic) bond motifs is 1. The first-order valence-electron chi connectivity index (χ1n) is 8.20. The van der Waals surface area contributed by atoms with Gasteiger partial charge < -0.3 is 4.90 Å². The van der Waals surface area contributed by atoms with Crippen molar-refractivity contribution in [3.63, 3.8) is 0 Å². The van der Waals surface area contributed by atoms with Crippen LogP contribution in [0.25, 0.3) is 0 Å². The molecular weight excluding hydrogens is 288 g/mol. The Hall–Kier alpha value is -2.27. The number of carbonyl (C=O) groups is 1. The van der Waals surface area contributed by atoms with Gasteiger partial charge >= 0.3 is 0 Å². The molecule has 2 aliphatic rings. The van der Waals surface area contributed by atoms with E-state index in [1.54, 1.807) is 12.4 Å². The van der Waals surface area contributed by atoms with E-state index in [2.05, 4.69) is 20.9 Å². The van der Waals surface area contributed by atoms with Crippen molar-refractivity contribution >= 4 is 5.91 Å². The van der Waals surface area contributed by atoms with Crippen LogP contribution >= 0.6 is 0 Å². The van der Waals surface area contributed by atoms with E-state index in [-0.39, 0.29) is 11.9 Å². The Balaban J connectivity index is 1.58. The van der Waals surface area contributed by atoms with E-state index in [1.165, 1.54) is 18.4 Å². The van der Waals surface area contributed by atoms with E-state index in [0.29, 0.717) is 13.1 Å². The van der Waals surface area contributed by atoms with Crippen LogP contribution in [0.5, 0.6) is 0 Å². The van der Waals surface area contributed by atoms with Crippen LogP contribution in [0.15, 0.2) is 42.9 Å². The lowest BCUT2D eigenvalue weighted by Gasteiger charge is -2.31. The Bertz CT molecular complexity index is 697. The largest absolute Gasteiger partial charge is 0.331 e. The summed E-state index contributed by atoms with van der Waals surface area (Å²) in [6.45, 7) is 3.49. The van der Waals surface area contributed by atoms with Gasteiger partial charge in [-0.15, -0.1) is 0 Å². The van der Waals surface area contributed by atoms with Gasteiger partial charge in [0.25, 0.3) is 5.91 Å². The highest BCUT2D eigenvalue weighted by atomic mass is 16.2. The van der Waals surface area contributed by atoms with E-state index in [4.69, 9.17) is 0 Å². The first kappa shape index (κ1) is 14.3. The van der Waals surface area contributed by atoms with E-state index >= 15 is 0 Å². The molecule has 2 aromatic heterocycles. The van der Waals surface area contributed by atoms with E-state index < -0.39 is 0 Å². The molecule has 5 nitrogen and oxygen atoms in total. The van der Waals surface area contributed by atoms with Crippen molar-refractivity contribution in [2.24, 2.45) is 0 Å². The normalized spacial score (nSPS) is 19.1. The summed E-state index contributed by atoms with van der Waals surface area (Å²) < 4.78 is 0. The zero-order chi connectivity index (χ0) is 15.6. The molecule has 2 aromatic rings. The molecule has 23 heavy (non-hydrogen) atoms. The maximum atomic E-state index is 12.6. The number of aromatic nitrogens is 2. The Morgan fingerprint density at radius 2 is 1.96 bits per heavy atom. The Kier molecular flexibility index (Phi) is 3.79. The van der Waals surface area contributed by atoms with Crippen LogP contribution in [-0.2, 0) is 6.54 Å². The van der Waals surface area contributed by atoms with Crippen LogP contribution < -0.4 is 0 Å². The first-order valence-corrected chi connectivity index (χ1v) is 8.20. The van der Waals surface area contributed by atoms with Gasteiger partial charge in [-0.25, -0.2) is 0 Å². The molecule has 1 saturated heterocycles. The Morgan fingerprint density at radius 1 is 1.13 bits per heavy atom. The number of hydrogen-bond donors (Lipinski definition) is 0. The van der Waals surface area contributed by atoms with Gasteiger partial charge in [0.15, 0.2) is 0 Å². The molecule has 0 spiro atoms. The van der Waals surface area contributed by atoms with Gasteiger partial charge in [0, 0.05) is 25.1 Å². The summed E-state index contributed by atoms with van der Waals surface area (Å²) in [5.41, 5.74) is 2.83. The lowest BCUT2D eigenvalue weighted by Crippen LogP contribution is -2.37. The van der Waals surface area contributed by atoms with Gasteiger partial charge in [0.05, 0.1) is 23.8 Å². The fourth-order valence-electron chi connectivity index (χ4n) is 3.60. The predicted molar refractivity (Wildman–Crippen MR) is 86.8 cm³/mol. The summed E-state index contributed by atoms with van der Waals surface area (Å²) in [5, 5.41) is 0. The van der Waals surface area contributed by atoms with Crippen molar-refractivity contribution in [1.82, 2.24) is 19.8 Å². The number of amides is 1. The van der Waals surface area contributed by atoms with Crippen molar-refractivity contribution in [1.29, 1.82) is 0 Å². The molecule has 4 heterocycles. The minimum atomic E-state index is 0.0983. The molecule has 0 radical (unpaired) electrons. The summed E-state index contributed by atoms with van der Waals surface area (Å²) >= 11 is 0. The zero-order valence-electron chi connectivity index (χ0n) is 13.1. The SMILES string of the molecule is O=C1c2cccnc2CN1CC(c1cccnc1)N1CCCC1. The number of nitrogens with zero attached hydrogens (tertiary/aromatic N) is 4. The fourth-order valence-corrected chi connectivity index (χ4v) is 3.60. The van der Waals surface area contributed by atoms with Gasteiger partial charge in [0.2, 0.25) is 0 Å². The predicted octanol–water partition coefficient (Wildman–Crippen LogP) is 2.27. The molecular formula is C18H20N4O. The second kappa shape index (κ2) is 6.08. The summed E-state index contributed by atoms with van der Waals surface area (Å²) in [6.07, 6.45) is 7.94. The fraction of sp³-hybridized carbons (Fsp3) is 0.389. The zero-order valence-corrected chi connectivity index (χ0v) is 13.1. The van der Waals surface area contributed by atoms with E-state index in [0.717, 1.165) is 24.3 Å². The summed E-state index contributed by atoms with van der Waals surface area (Å²) in [7, 11) is 0. The highest BCUT2D eigenvalue weighted by Crippen LogP contribution is 2.29. The molecule has 0 saturated carbocycles. The van der Waals surface area contributed by atoms with Crippen molar-refractivity contribution in [3.05, 3.63) is 59.7 Å². The maximum Gasteiger partial charge on any atom is 0.256 e. The van der Waals surface area contributed by atoms with Gasteiger partial charge in [-0.1, -0.05) is 6.07 Å². The average Bonchev–Trinajstić information content (AvgIpc) is 3.23. The maximum absolute atomic E-state index is 12.6. The molecule has 0 aromatic carbocycles. The van der Waals surface area contributed by atoms with Crippen LogP contribution in [0.3, 0.4) is 0 Å². The third-order valence-electron chi connectivity index (χ3n) is 4.79. The van der Waals surface area contributed by atoms with Crippen molar-refractivity contribution in [2.75, 3.05) is 19.6 Å². The second-order valence-corrected chi connectivity index (χ2v) is 6.23. The molecule has 0 bridgehead atoms. The van der Waals surface area contributed by atoms with Crippen LogP contribution in [0.1, 0.15) is 40.5 Å². The number of rotatable bonds is 4. The summed E-state index contributed by atoms with van der Waals surface area (Å²) in [4.78, 5) is 25.6. The number of hydrogen-bond acceptors (Lipinski definition) is 4. The molecule has 0 N–H and O–H groups in total. The molecule has 1 atom stereocenters. The van der Waals surface area contributed by atoms with Crippen LogP contribution in [-0.4, -0.2) is 45.3 Å². The van der Waals surface area contributed by atoms with Crippen molar-refractivity contribution in [2.45, 2.75) is 25.4 Å². The molecule has 0 aliphatic carbocycles. The van der Waals surface area contributed by atoms with E-state index in [1.807, 2.05) is 29.3 Å². The van der Waals surface area contributed by atoms with Crippen molar-refractivity contribution in [3.8, 4) is 0 Å². The highest BCUT2D eigenvalue weighted by Gasteiger charge is 2.33. The van der Waals surface area contributed by atoms with Gasteiger partial charge in [0.1, 0.15) is 0 Å². The monoisotopic (exact) mass is 308 g/mol. The number of carbonyl (C=O) groups excluding carboxylic acids is 1. The Morgan fingerprint density at radius 3 is 2.70 bits per heavy atom. The van der Waals surface area contributed by atoms with Crippen LogP contribution in [0, 0.1) is 0 Å². The molecule has 2 aliphatic heterocycles. The van der Waals surface area contributed by atoms with Gasteiger partial charge in [-0.3, -0.25) is 19.7 Å².